The zero-order valence-electron chi connectivity index (χ0n) is 9.41. The van der Waals surface area contributed by atoms with E-state index in [0.717, 1.165) is 18.7 Å². The summed E-state index contributed by atoms with van der Waals surface area (Å²) in [6.07, 6.45) is 5.91. The second-order valence-corrected chi connectivity index (χ2v) is 5.21. The molecule has 2 aromatic rings. The quantitative estimate of drug-likeness (QED) is 0.913. The van der Waals surface area contributed by atoms with Crippen molar-refractivity contribution in [2.45, 2.75) is 25.4 Å². The molecule has 1 atom stereocenters. The van der Waals surface area contributed by atoms with E-state index in [1.807, 2.05) is 6.20 Å². The van der Waals surface area contributed by atoms with Gasteiger partial charge >= 0.3 is 0 Å². The lowest BCUT2D eigenvalue weighted by molar-refractivity contribution is 0.526. The van der Waals surface area contributed by atoms with E-state index in [4.69, 9.17) is 0 Å². The predicted octanol–water partition coefficient (Wildman–Crippen LogP) is 2.95. The molecule has 0 saturated heterocycles. The number of benzene rings is 1. The molecule has 2 N–H and O–H groups in total. The minimum Gasteiger partial charge on any atom is -0.347 e. The molecular formula is C13H14BrN3. The Labute approximate surface area is 109 Å². The fourth-order valence-corrected chi connectivity index (χ4v) is 3.02. The third-order valence-electron chi connectivity index (χ3n) is 3.31. The summed E-state index contributed by atoms with van der Waals surface area (Å²) in [6, 6.07) is 6.92. The number of imidazole rings is 1. The number of aromatic nitrogens is 2. The molecule has 1 aliphatic carbocycles. The Morgan fingerprint density at radius 1 is 1.47 bits per heavy atom. The van der Waals surface area contributed by atoms with E-state index in [2.05, 4.69) is 49.4 Å². The Bertz CT molecular complexity index is 507. The van der Waals surface area contributed by atoms with Gasteiger partial charge in [-0.25, -0.2) is 4.98 Å². The fraction of sp³-hybridized carbons (Fsp3) is 0.308. The highest BCUT2D eigenvalue weighted by molar-refractivity contribution is 9.10. The number of nitrogens with one attached hydrogen (secondary N) is 2. The van der Waals surface area contributed by atoms with Crippen molar-refractivity contribution in [2.75, 3.05) is 0 Å². The number of fused-ring (bicyclic) bond motifs is 1. The number of H-pyrrole nitrogens is 1. The molecule has 1 heterocycles. The highest BCUT2D eigenvalue weighted by atomic mass is 79.9. The van der Waals surface area contributed by atoms with E-state index in [1.165, 1.54) is 22.0 Å². The first-order valence-electron chi connectivity index (χ1n) is 5.82. The number of rotatable bonds is 3. The molecule has 1 unspecified atom stereocenters. The summed E-state index contributed by atoms with van der Waals surface area (Å²) >= 11 is 3.62. The van der Waals surface area contributed by atoms with Crippen LogP contribution in [0, 0.1) is 0 Å². The molecule has 3 nitrogen and oxygen atoms in total. The summed E-state index contributed by atoms with van der Waals surface area (Å²) in [4.78, 5) is 7.14. The van der Waals surface area contributed by atoms with Gasteiger partial charge in [-0.3, -0.25) is 0 Å². The molecule has 4 heteroatoms. The van der Waals surface area contributed by atoms with Crippen molar-refractivity contribution >= 4 is 15.9 Å². The second-order valence-electron chi connectivity index (χ2n) is 4.36. The fourth-order valence-electron chi connectivity index (χ4n) is 2.44. The van der Waals surface area contributed by atoms with E-state index in [0.29, 0.717) is 6.04 Å². The molecule has 17 heavy (non-hydrogen) atoms. The van der Waals surface area contributed by atoms with Crippen LogP contribution in [0.25, 0.3) is 0 Å². The number of aromatic amines is 1. The lowest BCUT2D eigenvalue weighted by atomic mass is 10.1. The van der Waals surface area contributed by atoms with Gasteiger partial charge in [-0.05, 0) is 30.0 Å². The standard InChI is InChI=1S/C13H14BrN3/c14-12-3-1-2-11-10(12)4-5-13(11)16-7-9-6-15-8-17-9/h1-3,6,8,13,16H,4-5,7H2,(H,15,17). The van der Waals surface area contributed by atoms with Gasteiger partial charge < -0.3 is 10.3 Å². The summed E-state index contributed by atoms with van der Waals surface area (Å²) in [5, 5.41) is 3.58. The van der Waals surface area contributed by atoms with Crippen molar-refractivity contribution in [1.29, 1.82) is 0 Å². The van der Waals surface area contributed by atoms with E-state index in [9.17, 15) is 0 Å². The minimum absolute atomic E-state index is 0.464. The zero-order chi connectivity index (χ0) is 11.7. The van der Waals surface area contributed by atoms with Crippen molar-refractivity contribution in [3.05, 3.63) is 52.0 Å². The monoisotopic (exact) mass is 291 g/mol. The van der Waals surface area contributed by atoms with Crippen molar-refractivity contribution < 1.29 is 0 Å². The summed E-state index contributed by atoms with van der Waals surface area (Å²) in [5.74, 6) is 0. The predicted molar refractivity (Wildman–Crippen MR) is 70.6 cm³/mol. The van der Waals surface area contributed by atoms with Crippen LogP contribution in [0.1, 0.15) is 29.3 Å². The van der Waals surface area contributed by atoms with Gasteiger partial charge in [-0.15, -0.1) is 0 Å². The van der Waals surface area contributed by atoms with Gasteiger partial charge in [0.2, 0.25) is 0 Å². The summed E-state index contributed by atoms with van der Waals surface area (Å²) in [5.41, 5.74) is 4.02. The van der Waals surface area contributed by atoms with Crippen molar-refractivity contribution in [2.24, 2.45) is 0 Å². The average molecular weight is 292 g/mol. The molecule has 1 aromatic heterocycles. The number of hydrogen-bond acceptors (Lipinski definition) is 2. The average Bonchev–Trinajstić information content (AvgIpc) is 2.95. The lowest BCUT2D eigenvalue weighted by Gasteiger charge is -2.13. The van der Waals surface area contributed by atoms with E-state index in [1.54, 1.807) is 6.33 Å². The topological polar surface area (TPSA) is 40.7 Å². The Hall–Kier alpha value is -1.13. The number of hydrogen-bond donors (Lipinski definition) is 2. The van der Waals surface area contributed by atoms with Gasteiger partial charge in [-0.2, -0.15) is 0 Å². The SMILES string of the molecule is Brc1cccc2c1CCC2NCc1cnc[nH]1. The van der Waals surface area contributed by atoms with Gasteiger partial charge in [0.25, 0.3) is 0 Å². The minimum atomic E-state index is 0.464. The third-order valence-corrected chi connectivity index (χ3v) is 4.05. The van der Waals surface area contributed by atoms with Gasteiger partial charge in [0.1, 0.15) is 0 Å². The Morgan fingerprint density at radius 2 is 2.41 bits per heavy atom. The zero-order valence-corrected chi connectivity index (χ0v) is 11.0. The molecule has 0 spiro atoms. The van der Waals surface area contributed by atoms with Crippen LogP contribution in [0.3, 0.4) is 0 Å². The van der Waals surface area contributed by atoms with Crippen LogP contribution in [0.4, 0.5) is 0 Å². The summed E-state index contributed by atoms with van der Waals surface area (Å²) in [6.45, 7) is 0.844. The van der Waals surface area contributed by atoms with Crippen LogP contribution in [0.2, 0.25) is 0 Å². The second kappa shape index (κ2) is 4.63. The van der Waals surface area contributed by atoms with Crippen LogP contribution in [0.15, 0.2) is 35.2 Å². The Morgan fingerprint density at radius 3 is 3.24 bits per heavy atom. The van der Waals surface area contributed by atoms with Crippen LogP contribution in [0.5, 0.6) is 0 Å². The van der Waals surface area contributed by atoms with Gasteiger partial charge in [-0.1, -0.05) is 28.1 Å². The highest BCUT2D eigenvalue weighted by Crippen LogP contribution is 2.35. The summed E-state index contributed by atoms with van der Waals surface area (Å²) < 4.78 is 1.24. The first kappa shape index (κ1) is 11.0. The molecule has 0 radical (unpaired) electrons. The normalized spacial score (nSPS) is 18.3. The number of halogens is 1. The van der Waals surface area contributed by atoms with Crippen LogP contribution in [-0.4, -0.2) is 9.97 Å². The largest absolute Gasteiger partial charge is 0.347 e. The smallest absolute Gasteiger partial charge is 0.0922 e. The molecular weight excluding hydrogens is 278 g/mol. The van der Waals surface area contributed by atoms with Crippen LogP contribution < -0.4 is 5.32 Å². The molecule has 0 amide bonds. The van der Waals surface area contributed by atoms with E-state index in [-0.39, 0.29) is 0 Å². The number of nitrogens with zero attached hydrogens (tertiary/aromatic N) is 1. The third kappa shape index (κ3) is 2.15. The maximum Gasteiger partial charge on any atom is 0.0922 e. The Balaban J connectivity index is 1.73. The lowest BCUT2D eigenvalue weighted by Crippen LogP contribution is -2.18. The molecule has 88 valence electrons. The van der Waals surface area contributed by atoms with E-state index < -0.39 is 0 Å². The molecule has 1 aromatic carbocycles. The molecule has 0 bridgehead atoms. The van der Waals surface area contributed by atoms with Gasteiger partial charge in [0.05, 0.1) is 6.33 Å². The first-order valence-corrected chi connectivity index (χ1v) is 6.62. The molecule has 0 fully saturated rings. The van der Waals surface area contributed by atoms with Crippen LogP contribution in [-0.2, 0) is 13.0 Å². The molecule has 3 rings (SSSR count). The molecule has 0 aliphatic heterocycles. The van der Waals surface area contributed by atoms with Gasteiger partial charge in [0, 0.05) is 29.0 Å². The van der Waals surface area contributed by atoms with Crippen molar-refractivity contribution in [3.63, 3.8) is 0 Å². The first-order chi connectivity index (χ1) is 8.34. The Kier molecular flexibility index (Phi) is 2.99. The van der Waals surface area contributed by atoms with Gasteiger partial charge in [0.15, 0.2) is 0 Å². The van der Waals surface area contributed by atoms with Crippen LogP contribution >= 0.6 is 15.9 Å². The van der Waals surface area contributed by atoms with E-state index >= 15 is 0 Å². The summed E-state index contributed by atoms with van der Waals surface area (Å²) in [7, 11) is 0. The molecule has 1 aliphatic rings. The highest BCUT2D eigenvalue weighted by Gasteiger charge is 2.23. The maximum absolute atomic E-state index is 4.02. The molecule has 0 saturated carbocycles. The van der Waals surface area contributed by atoms with Crippen molar-refractivity contribution in [3.8, 4) is 0 Å². The van der Waals surface area contributed by atoms with Crippen molar-refractivity contribution in [1.82, 2.24) is 15.3 Å². The maximum atomic E-state index is 4.02.